The lowest BCUT2D eigenvalue weighted by Crippen LogP contribution is -2.44. The standard InChI is InChI=1S/C15H20N2O7S/c1-21-10-5-3-9(4-6-10)16-15(18)24-12-8-23-13-11(7-22-14(12)13)17-25(2,19)20/h3-6,11-14,17H,7-8H2,1-2H3,(H,16,18)/t11-,12-,13-,14+/m0/s1. The number of ether oxygens (including phenoxy) is 4. The van der Waals surface area contributed by atoms with E-state index in [0.29, 0.717) is 11.4 Å². The van der Waals surface area contributed by atoms with E-state index in [1.165, 1.54) is 0 Å². The van der Waals surface area contributed by atoms with Gasteiger partial charge in [0.1, 0.15) is 18.0 Å². The molecule has 25 heavy (non-hydrogen) atoms. The fourth-order valence-corrected chi connectivity index (χ4v) is 3.65. The van der Waals surface area contributed by atoms with Gasteiger partial charge < -0.3 is 18.9 Å². The minimum absolute atomic E-state index is 0.146. The molecule has 1 aromatic rings. The van der Waals surface area contributed by atoms with Crippen molar-refractivity contribution in [2.45, 2.75) is 24.4 Å². The quantitative estimate of drug-likeness (QED) is 0.766. The minimum atomic E-state index is -3.37. The van der Waals surface area contributed by atoms with Crippen molar-refractivity contribution in [2.75, 3.05) is 31.9 Å². The lowest BCUT2D eigenvalue weighted by molar-refractivity contribution is 0.00884. The second kappa shape index (κ2) is 7.16. The monoisotopic (exact) mass is 372 g/mol. The molecule has 3 rings (SSSR count). The van der Waals surface area contributed by atoms with Crippen molar-refractivity contribution in [3.8, 4) is 5.75 Å². The Balaban J connectivity index is 1.54. The van der Waals surface area contributed by atoms with Gasteiger partial charge >= 0.3 is 6.09 Å². The number of anilines is 1. The van der Waals surface area contributed by atoms with E-state index in [2.05, 4.69) is 10.0 Å². The van der Waals surface area contributed by atoms with Crippen LogP contribution in [-0.2, 0) is 24.2 Å². The summed E-state index contributed by atoms with van der Waals surface area (Å²) < 4.78 is 46.7. The van der Waals surface area contributed by atoms with E-state index in [4.69, 9.17) is 18.9 Å². The molecular weight excluding hydrogens is 352 g/mol. The predicted molar refractivity (Wildman–Crippen MR) is 88.1 cm³/mol. The molecule has 4 atom stereocenters. The van der Waals surface area contributed by atoms with Gasteiger partial charge in [-0.3, -0.25) is 5.32 Å². The van der Waals surface area contributed by atoms with Crippen molar-refractivity contribution in [3.63, 3.8) is 0 Å². The highest BCUT2D eigenvalue weighted by Gasteiger charge is 2.50. The van der Waals surface area contributed by atoms with Gasteiger partial charge in [-0.05, 0) is 24.3 Å². The highest BCUT2D eigenvalue weighted by atomic mass is 32.2. The van der Waals surface area contributed by atoms with Crippen molar-refractivity contribution in [2.24, 2.45) is 0 Å². The fraction of sp³-hybridized carbons (Fsp3) is 0.533. The van der Waals surface area contributed by atoms with Gasteiger partial charge in [0, 0.05) is 5.69 Å². The Morgan fingerprint density at radius 1 is 1.16 bits per heavy atom. The van der Waals surface area contributed by atoms with E-state index >= 15 is 0 Å². The molecule has 0 spiro atoms. The molecule has 0 unspecified atom stereocenters. The second-order valence-electron chi connectivity index (χ2n) is 5.89. The lowest BCUT2D eigenvalue weighted by atomic mass is 10.1. The van der Waals surface area contributed by atoms with Crippen LogP contribution in [0, 0.1) is 0 Å². The normalized spacial score (nSPS) is 28.4. The van der Waals surface area contributed by atoms with Crippen molar-refractivity contribution in [1.82, 2.24) is 4.72 Å². The maximum atomic E-state index is 12.0. The molecule has 0 aliphatic carbocycles. The molecule has 9 nitrogen and oxygen atoms in total. The molecule has 10 heteroatoms. The smallest absolute Gasteiger partial charge is 0.412 e. The summed E-state index contributed by atoms with van der Waals surface area (Å²) in [6.07, 6.45) is -1.14. The maximum Gasteiger partial charge on any atom is 0.412 e. The topological polar surface area (TPSA) is 112 Å². The van der Waals surface area contributed by atoms with Crippen LogP contribution in [0.5, 0.6) is 5.75 Å². The average molecular weight is 372 g/mol. The summed E-state index contributed by atoms with van der Waals surface area (Å²) in [6, 6.07) is 6.31. The third-order valence-electron chi connectivity index (χ3n) is 3.97. The fourth-order valence-electron chi connectivity index (χ4n) is 2.90. The molecule has 0 aromatic heterocycles. The summed E-state index contributed by atoms with van der Waals surface area (Å²) in [5.74, 6) is 0.676. The molecule has 2 aliphatic rings. The van der Waals surface area contributed by atoms with Gasteiger partial charge in [-0.1, -0.05) is 0 Å². The number of amides is 1. The molecule has 2 aliphatic heterocycles. The summed E-state index contributed by atoms with van der Waals surface area (Å²) in [5.41, 5.74) is 0.560. The summed E-state index contributed by atoms with van der Waals surface area (Å²) in [5, 5.41) is 2.61. The van der Waals surface area contributed by atoms with Crippen LogP contribution in [0.1, 0.15) is 0 Å². The second-order valence-corrected chi connectivity index (χ2v) is 7.67. The maximum absolute atomic E-state index is 12.0. The molecular formula is C15H20N2O7S. The SMILES string of the molecule is COc1ccc(NC(=O)O[C@H]2CO[C@@H]3[C@@H]2OC[C@@H]3NS(C)(=O)=O)cc1. The van der Waals surface area contributed by atoms with E-state index in [9.17, 15) is 13.2 Å². The van der Waals surface area contributed by atoms with Gasteiger partial charge in [0.05, 0.1) is 32.6 Å². The van der Waals surface area contributed by atoms with Crippen LogP contribution in [-0.4, -0.2) is 65.4 Å². The van der Waals surface area contributed by atoms with E-state index in [-0.39, 0.29) is 13.2 Å². The molecule has 0 radical (unpaired) electrons. The Morgan fingerprint density at radius 2 is 1.84 bits per heavy atom. The summed E-state index contributed by atoms with van der Waals surface area (Å²) in [7, 11) is -1.82. The highest BCUT2D eigenvalue weighted by molar-refractivity contribution is 7.88. The predicted octanol–water partition coefficient (Wildman–Crippen LogP) is 0.328. The summed E-state index contributed by atoms with van der Waals surface area (Å²) in [6.45, 7) is 0.315. The van der Waals surface area contributed by atoms with Crippen molar-refractivity contribution in [3.05, 3.63) is 24.3 Å². The van der Waals surface area contributed by atoms with Crippen LogP contribution >= 0.6 is 0 Å². The molecule has 2 fully saturated rings. The van der Waals surface area contributed by atoms with Crippen LogP contribution in [0.4, 0.5) is 10.5 Å². The number of methoxy groups -OCH3 is 1. The van der Waals surface area contributed by atoms with Gasteiger partial charge in [0.25, 0.3) is 0 Å². The zero-order valence-corrected chi connectivity index (χ0v) is 14.6. The first-order valence-corrected chi connectivity index (χ1v) is 9.57. The Kier molecular flexibility index (Phi) is 5.13. The third kappa shape index (κ3) is 4.40. The Labute approximate surface area is 145 Å². The Bertz CT molecular complexity index is 722. The van der Waals surface area contributed by atoms with Crippen LogP contribution < -0.4 is 14.8 Å². The number of sulfonamides is 1. The number of fused-ring (bicyclic) bond motifs is 1. The molecule has 2 saturated heterocycles. The van der Waals surface area contributed by atoms with Crippen molar-refractivity contribution in [1.29, 1.82) is 0 Å². The molecule has 1 aromatic carbocycles. The largest absolute Gasteiger partial charge is 0.497 e. The highest BCUT2D eigenvalue weighted by Crippen LogP contribution is 2.29. The number of nitrogens with one attached hydrogen (secondary N) is 2. The first kappa shape index (κ1) is 17.9. The molecule has 0 bridgehead atoms. The van der Waals surface area contributed by atoms with Gasteiger partial charge in [0.2, 0.25) is 10.0 Å². The molecule has 2 heterocycles. The van der Waals surface area contributed by atoms with Crippen molar-refractivity contribution >= 4 is 21.8 Å². The van der Waals surface area contributed by atoms with E-state index in [0.717, 1.165) is 6.26 Å². The van der Waals surface area contributed by atoms with Crippen LogP contribution in [0.25, 0.3) is 0 Å². The first-order valence-electron chi connectivity index (χ1n) is 7.68. The zero-order chi connectivity index (χ0) is 18.0. The molecule has 0 saturated carbocycles. The average Bonchev–Trinajstić information content (AvgIpc) is 3.11. The van der Waals surface area contributed by atoms with Crippen LogP contribution in [0.2, 0.25) is 0 Å². The number of hydrogen-bond donors (Lipinski definition) is 2. The number of carbonyl (C=O) groups excluding carboxylic acids is 1. The number of hydrogen-bond acceptors (Lipinski definition) is 7. The molecule has 138 valence electrons. The van der Waals surface area contributed by atoms with Crippen LogP contribution in [0.3, 0.4) is 0 Å². The van der Waals surface area contributed by atoms with E-state index < -0.39 is 40.5 Å². The number of carbonyl (C=O) groups is 1. The summed E-state index contributed by atoms with van der Waals surface area (Å²) in [4.78, 5) is 12.0. The van der Waals surface area contributed by atoms with Gasteiger partial charge in [-0.2, -0.15) is 0 Å². The first-order chi connectivity index (χ1) is 11.9. The molecule has 2 N–H and O–H groups in total. The number of rotatable bonds is 5. The molecule has 1 amide bonds. The van der Waals surface area contributed by atoms with Crippen LogP contribution in [0.15, 0.2) is 24.3 Å². The number of benzene rings is 1. The minimum Gasteiger partial charge on any atom is -0.497 e. The Morgan fingerprint density at radius 3 is 2.48 bits per heavy atom. The lowest BCUT2D eigenvalue weighted by Gasteiger charge is -2.17. The van der Waals surface area contributed by atoms with Crippen molar-refractivity contribution < 1.29 is 32.2 Å². The van der Waals surface area contributed by atoms with E-state index in [1.54, 1.807) is 31.4 Å². The van der Waals surface area contributed by atoms with Gasteiger partial charge in [-0.15, -0.1) is 0 Å². The zero-order valence-electron chi connectivity index (χ0n) is 13.8. The third-order valence-corrected chi connectivity index (χ3v) is 4.70. The van der Waals surface area contributed by atoms with E-state index in [1.807, 2.05) is 0 Å². The summed E-state index contributed by atoms with van der Waals surface area (Å²) >= 11 is 0. The Hall–Kier alpha value is -1.88. The van der Waals surface area contributed by atoms with Gasteiger partial charge in [0.15, 0.2) is 6.10 Å². The van der Waals surface area contributed by atoms with Gasteiger partial charge in [-0.25, -0.2) is 17.9 Å².